The van der Waals surface area contributed by atoms with Crippen molar-refractivity contribution in [2.45, 2.75) is 31.4 Å². The maximum absolute atomic E-state index is 11.2. The summed E-state index contributed by atoms with van der Waals surface area (Å²) in [5, 5.41) is 9.04. The summed E-state index contributed by atoms with van der Waals surface area (Å²) in [6.07, 6.45) is 0.979. The van der Waals surface area contributed by atoms with Crippen molar-refractivity contribution in [1.29, 1.82) is 0 Å². The summed E-state index contributed by atoms with van der Waals surface area (Å²) in [5.74, 6) is -0.818. The van der Waals surface area contributed by atoms with Gasteiger partial charge in [0.1, 0.15) is 19.8 Å². The standard InChI is InChI=1S/C8H12O5S2.Na/c1-2-5(9)3-4-6-7(10)8(6)15(12,14)13-11;/h6,8,11H,2-4H2,1H3;/q;+1/p-1. The Balaban J connectivity index is 0.00000225. The van der Waals surface area contributed by atoms with E-state index in [1.54, 1.807) is 6.92 Å². The first kappa shape index (κ1) is 16.6. The number of hydrogen-bond acceptors (Lipinski definition) is 6. The molecule has 0 aromatic heterocycles. The number of carbonyl (C=O) groups is 2. The van der Waals surface area contributed by atoms with Crippen molar-refractivity contribution in [1.82, 2.24) is 0 Å². The van der Waals surface area contributed by atoms with E-state index >= 15 is 0 Å². The van der Waals surface area contributed by atoms with Crippen LogP contribution in [0.5, 0.6) is 0 Å². The molecule has 1 aliphatic carbocycles. The van der Waals surface area contributed by atoms with E-state index in [1.165, 1.54) is 0 Å². The Morgan fingerprint density at radius 1 is 1.62 bits per heavy atom. The molecular weight excluding hydrogens is 263 g/mol. The first-order valence-electron chi connectivity index (χ1n) is 4.54. The molecule has 5 nitrogen and oxygen atoms in total. The van der Waals surface area contributed by atoms with E-state index in [-0.39, 0.29) is 47.5 Å². The van der Waals surface area contributed by atoms with Crippen LogP contribution in [0.15, 0.2) is 0 Å². The van der Waals surface area contributed by atoms with Crippen LogP contribution in [-0.2, 0) is 33.9 Å². The summed E-state index contributed by atoms with van der Waals surface area (Å²) in [6.45, 7) is 1.73. The molecule has 0 radical (unpaired) electrons. The Labute approximate surface area is 121 Å². The first-order valence-corrected chi connectivity index (χ1v) is 7.02. The molecule has 1 fully saturated rings. The summed E-state index contributed by atoms with van der Waals surface area (Å²) in [6, 6.07) is 0. The van der Waals surface area contributed by atoms with E-state index in [4.69, 9.17) is 0 Å². The second-order valence-electron chi connectivity index (χ2n) is 3.42. The van der Waals surface area contributed by atoms with Crippen molar-refractivity contribution in [3.8, 4) is 0 Å². The molecule has 0 aromatic rings. The van der Waals surface area contributed by atoms with Crippen LogP contribution in [0.4, 0.5) is 0 Å². The predicted molar refractivity (Wildman–Crippen MR) is 53.4 cm³/mol. The van der Waals surface area contributed by atoms with Gasteiger partial charge in [-0.2, -0.15) is 0 Å². The Morgan fingerprint density at radius 2 is 2.19 bits per heavy atom. The summed E-state index contributed by atoms with van der Waals surface area (Å²) >= 11 is 4.38. The van der Waals surface area contributed by atoms with Gasteiger partial charge in [-0.1, -0.05) is 6.92 Å². The van der Waals surface area contributed by atoms with Crippen LogP contribution in [0.1, 0.15) is 26.2 Å². The minimum atomic E-state index is -3.46. The predicted octanol–water partition coefficient (Wildman–Crippen LogP) is -3.73. The van der Waals surface area contributed by atoms with Crippen molar-refractivity contribution >= 4 is 31.5 Å². The summed E-state index contributed by atoms with van der Waals surface area (Å²) in [5.41, 5.74) is 0. The van der Waals surface area contributed by atoms with Crippen LogP contribution >= 0.6 is 0 Å². The molecule has 86 valence electrons. The van der Waals surface area contributed by atoms with Crippen molar-refractivity contribution in [3.05, 3.63) is 0 Å². The smallest absolute Gasteiger partial charge is 0.709 e. The first-order chi connectivity index (χ1) is 6.94. The SMILES string of the molecule is CCC(=O)CCC1C(=O)C1S(=O)(=S)O[O-].[Na+]. The second-order valence-corrected chi connectivity index (χ2v) is 6.44. The van der Waals surface area contributed by atoms with Gasteiger partial charge in [0, 0.05) is 29.9 Å². The molecule has 1 aliphatic rings. The van der Waals surface area contributed by atoms with Gasteiger partial charge in [0.25, 0.3) is 0 Å². The minimum absolute atomic E-state index is 0. The molecule has 1 rings (SSSR count). The molecule has 0 N–H and O–H groups in total. The Bertz CT molecular complexity index is 378. The fourth-order valence-electron chi connectivity index (χ4n) is 1.44. The molecule has 0 heterocycles. The van der Waals surface area contributed by atoms with E-state index in [0.29, 0.717) is 12.8 Å². The van der Waals surface area contributed by atoms with Gasteiger partial charge in [0.15, 0.2) is 5.78 Å². The molecule has 0 spiro atoms. The molecule has 16 heavy (non-hydrogen) atoms. The van der Waals surface area contributed by atoms with Crippen LogP contribution in [-0.4, -0.2) is 21.0 Å². The third kappa shape index (κ3) is 3.83. The van der Waals surface area contributed by atoms with Gasteiger partial charge in [-0.15, -0.1) is 0 Å². The molecule has 0 aliphatic heterocycles. The average molecular weight is 274 g/mol. The van der Waals surface area contributed by atoms with E-state index in [9.17, 15) is 19.1 Å². The molecule has 0 bridgehead atoms. The maximum Gasteiger partial charge on any atom is 1.00 e. The van der Waals surface area contributed by atoms with Crippen molar-refractivity contribution in [2.75, 3.05) is 0 Å². The van der Waals surface area contributed by atoms with Gasteiger partial charge >= 0.3 is 29.6 Å². The fourth-order valence-corrected chi connectivity index (χ4v) is 3.26. The number of rotatable bonds is 6. The van der Waals surface area contributed by atoms with Crippen LogP contribution in [0.25, 0.3) is 0 Å². The molecule has 0 saturated heterocycles. The van der Waals surface area contributed by atoms with E-state index in [0.717, 1.165) is 0 Å². The normalized spacial score (nSPS) is 26.8. The monoisotopic (exact) mass is 274 g/mol. The van der Waals surface area contributed by atoms with E-state index < -0.39 is 19.9 Å². The Morgan fingerprint density at radius 3 is 2.62 bits per heavy atom. The minimum Gasteiger partial charge on any atom is -0.709 e. The zero-order chi connectivity index (χ0) is 11.6. The van der Waals surface area contributed by atoms with Gasteiger partial charge in [-0.3, -0.25) is 9.59 Å². The molecule has 0 aromatic carbocycles. The zero-order valence-corrected chi connectivity index (χ0v) is 12.8. The van der Waals surface area contributed by atoms with E-state index in [2.05, 4.69) is 15.5 Å². The maximum atomic E-state index is 11.2. The zero-order valence-electron chi connectivity index (χ0n) is 9.13. The quantitative estimate of drug-likeness (QED) is 0.281. The average Bonchev–Trinajstić information content (AvgIpc) is 2.86. The number of Topliss-reactive ketones (excluding diaryl/α,β-unsaturated/α-hetero) is 2. The van der Waals surface area contributed by atoms with Crippen molar-refractivity contribution in [3.63, 3.8) is 0 Å². The van der Waals surface area contributed by atoms with Crippen LogP contribution in [0.3, 0.4) is 0 Å². The topological polar surface area (TPSA) is 83.5 Å². The second kappa shape index (κ2) is 6.53. The molecular formula is C8H11NaO5S2. The fraction of sp³-hybridized carbons (Fsp3) is 0.750. The number of carbonyl (C=O) groups excluding carboxylic acids is 2. The van der Waals surface area contributed by atoms with Crippen molar-refractivity contribution < 1.29 is 52.9 Å². The molecule has 3 atom stereocenters. The van der Waals surface area contributed by atoms with Gasteiger partial charge < -0.3 is 9.59 Å². The molecule has 3 unspecified atom stereocenters. The van der Waals surface area contributed by atoms with E-state index in [1.807, 2.05) is 0 Å². The van der Waals surface area contributed by atoms with Gasteiger partial charge in [0.05, 0.1) is 0 Å². The molecule has 1 saturated carbocycles. The molecule has 0 amide bonds. The third-order valence-corrected chi connectivity index (χ3v) is 4.60. The van der Waals surface area contributed by atoms with Gasteiger partial charge in [-0.25, -0.2) is 4.21 Å². The summed E-state index contributed by atoms with van der Waals surface area (Å²) in [4.78, 5) is 22.1. The summed E-state index contributed by atoms with van der Waals surface area (Å²) in [7, 11) is -3.46. The van der Waals surface area contributed by atoms with Crippen LogP contribution in [0, 0.1) is 5.92 Å². The number of ketones is 2. The van der Waals surface area contributed by atoms with Gasteiger partial charge in [-0.05, 0) is 6.42 Å². The molecule has 8 heteroatoms. The Hall–Kier alpha value is 0.630. The third-order valence-electron chi connectivity index (χ3n) is 2.44. The van der Waals surface area contributed by atoms with Crippen LogP contribution in [0.2, 0.25) is 0 Å². The Kier molecular flexibility index (Phi) is 6.79. The summed E-state index contributed by atoms with van der Waals surface area (Å²) < 4.78 is 14.6. The van der Waals surface area contributed by atoms with Gasteiger partial charge in [0.2, 0.25) is 0 Å². The van der Waals surface area contributed by atoms with Crippen LogP contribution < -0.4 is 34.8 Å². The number of hydrogen-bond donors (Lipinski definition) is 0. The van der Waals surface area contributed by atoms with Crippen molar-refractivity contribution in [2.24, 2.45) is 5.92 Å². The largest absolute Gasteiger partial charge is 1.00 e.